The van der Waals surface area contributed by atoms with E-state index < -0.39 is 0 Å². The summed E-state index contributed by atoms with van der Waals surface area (Å²) in [5.74, 6) is 1.20. The lowest BCUT2D eigenvalue weighted by Crippen LogP contribution is -1.99. The lowest BCUT2D eigenvalue weighted by molar-refractivity contribution is 0.415. The fourth-order valence-electron chi connectivity index (χ4n) is 1.63. The van der Waals surface area contributed by atoms with Gasteiger partial charge >= 0.3 is 0 Å². The van der Waals surface area contributed by atoms with E-state index in [-0.39, 0.29) is 0 Å². The van der Waals surface area contributed by atoms with Crippen LogP contribution >= 0.6 is 45.8 Å². The Morgan fingerprint density at radius 3 is 2.58 bits per heavy atom. The lowest BCUT2D eigenvalue weighted by atomic mass is 10.2. The molecule has 0 unspecified atom stereocenters. The Morgan fingerprint density at radius 2 is 2.00 bits per heavy atom. The number of ether oxygens (including phenoxy) is 1. The number of nitrogens with zero attached hydrogens (tertiary/aromatic N) is 2. The van der Waals surface area contributed by atoms with Crippen molar-refractivity contribution >= 4 is 45.8 Å². The highest BCUT2D eigenvalue weighted by molar-refractivity contribution is 14.1. The van der Waals surface area contributed by atoms with Gasteiger partial charge in [0.15, 0.2) is 5.82 Å². The zero-order valence-electron chi connectivity index (χ0n) is 10.4. The Morgan fingerprint density at radius 1 is 1.26 bits per heavy atom. The summed E-state index contributed by atoms with van der Waals surface area (Å²) in [4.78, 5) is 8.81. The smallest absolute Gasteiger partial charge is 0.161 e. The van der Waals surface area contributed by atoms with Crippen molar-refractivity contribution in [2.45, 2.75) is 13.3 Å². The van der Waals surface area contributed by atoms with E-state index in [0.29, 0.717) is 21.7 Å². The Kier molecular flexibility index (Phi) is 4.86. The van der Waals surface area contributed by atoms with Gasteiger partial charge in [-0.3, -0.25) is 0 Å². The third-order valence-corrected chi connectivity index (χ3v) is 4.65. The van der Waals surface area contributed by atoms with E-state index >= 15 is 0 Å². The number of hydrogen-bond acceptors (Lipinski definition) is 3. The number of rotatable bonds is 3. The molecule has 100 valence electrons. The van der Waals surface area contributed by atoms with E-state index in [2.05, 4.69) is 32.6 Å². The first kappa shape index (κ1) is 14.8. The minimum Gasteiger partial charge on any atom is -0.495 e. The fourth-order valence-corrected chi connectivity index (χ4v) is 2.70. The van der Waals surface area contributed by atoms with Gasteiger partial charge in [-0.05, 0) is 47.2 Å². The summed E-state index contributed by atoms with van der Waals surface area (Å²) in [6.45, 7) is 2.03. The molecule has 0 aliphatic heterocycles. The van der Waals surface area contributed by atoms with Crippen LogP contribution in [0.15, 0.2) is 18.2 Å². The fraction of sp³-hybridized carbons (Fsp3) is 0.231. The maximum absolute atomic E-state index is 6.13. The van der Waals surface area contributed by atoms with E-state index in [1.807, 2.05) is 13.0 Å². The summed E-state index contributed by atoms with van der Waals surface area (Å²) in [7, 11) is 1.58. The molecule has 0 fully saturated rings. The molecule has 2 aromatic rings. The number of methoxy groups -OCH3 is 1. The topological polar surface area (TPSA) is 35.0 Å². The molecule has 1 aromatic heterocycles. The van der Waals surface area contributed by atoms with E-state index in [0.717, 1.165) is 21.2 Å². The minimum atomic E-state index is 0.467. The van der Waals surface area contributed by atoms with Crippen molar-refractivity contribution in [1.82, 2.24) is 9.97 Å². The van der Waals surface area contributed by atoms with Gasteiger partial charge in [0.1, 0.15) is 10.9 Å². The van der Waals surface area contributed by atoms with Gasteiger partial charge in [0.2, 0.25) is 0 Å². The normalized spacial score (nSPS) is 10.6. The molecule has 0 amide bonds. The molecule has 3 nitrogen and oxygen atoms in total. The van der Waals surface area contributed by atoms with Crippen molar-refractivity contribution in [2.75, 3.05) is 7.11 Å². The first-order valence-corrected chi connectivity index (χ1v) is 7.46. The zero-order valence-corrected chi connectivity index (χ0v) is 14.0. The summed E-state index contributed by atoms with van der Waals surface area (Å²) in [5, 5.41) is 0.991. The van der Waals surface area contributed by atoms with Gasteiger partial charge in [0.05, 0.1) is 21.4 Å². The number of benzene rings is 1. The average molecular weight is 409 g/mol. The van der Waals surface area contributed by atoms with E-state index in [1.165, 1.54) is 0 Å². The number of hydrogen-bond donors (Lipinski definition) is 0. The highest BCUT2D eigenvalue weighted by Crippen LogP contribution is 2.30. The second-order valence-corrected chi connectivity index (χ2v) is 5.65. The minimum absolute atomic E-state index is 0.467. The van der Waals surface area contributed by atoms with Crippen LogP contribution in [0, 0.1) is 3.57 Å². The Balaban J connectivity index is 2.53. The van der Waals surface area contributed by atoms with Gasteiger partial charge < -0.3 is 4.74 Å². The predicted octanol–water partition coefficient (Wildman–Crippen LogP) is 4.63. The largest absolute Gasteiger partial charge is 0.495 e. The van der Waals surface area contributed by atoms with Crippen LogP contribution in [0.2, 0.25) is 10.2 Å². The van der Waals surface area contributed by atoms with Crippen LogP contribution in [0.5, 0.6) is 5.75 Å². The molecule has 1 aromatic carbocycles. The van der Waals surface area contributed by atoms with Crippen LogP contribution in [-0.4, -0.2) is 17.1 Å². The molecule has 0 saturated carbocycles. The SMILES string of the molecule is CCc1nc(-c2ccc(OC)c(Cl)c2)nc(Cl)c1I. The molecular weight excluding hydrogens is 398 g/mol. The van der Waals surface area contributed by atoms with Gasteiger partial charge in [-0.2, -0.15) is 0 Å². The number of halogens is 3. The van der Waals surface area contributed by atoms with Crippen molar-refractivity contribution in [3.8, 4) is 17.1 Å². The predicted molar refractivity (Wildman–Crippen MR) is 86.1 cm³/mol. The summed E-state index contributed by atoms with van der Waals surface area (Å²) in [6.07, 6.45) is 0.803. The van der Waals surface area contributed by atoms with Gasteiger partial charge in [0, 0.05) is 5.56 Å². The van der Waals surface area contributed by atoms with Crippen molar-refractivity contribution in [1.29, 1.82) is 0 Å². The molecule has 0 atom stereocenters. The molecule has 2 rings (SSSR count). The highest BCUT2D eigenvalue weighted by Gasteiger charge is 2.12. The van der Waals surface area contributed by atoms with Gasteiger partial charge in [-0.1, -0.05) is 30.1 Å². The van der Waals surface area contributed by atoms with Gasteiger partial charge in [-0.25, -0.2) is 9.97 Å². The molecule has 0 radical (unpaired) electrons. The van der Waals surface area contributed by atoms with Crippen LogP contribution in [-0.2, 0) is 6.42 Å². The van der Waals surface area contributed by atoms with Crippen molar-refractivity contribution in [3.05, 3.63) is 37.6 Å². The van der Waals surface area contributed by atoms with E-state index in [1.54, 1.807) is 19.2 Å². The van der Waals surface area contributed by atoms with Crippen molar-refractivity contribution in [3.63, 3.8) is 0 Å². The Hall–Kier alpha value is -0.590. The van der Waals surface area contributed by atoms with Crippen LogP contribution in [0.1, 0.15) is 12.6 Å². The zero-order chi connectivity index (χ0) is 14.0. The van der Waals surface area contributed by atoms with Crippen LogP contribution < -0.4 is 4.74 Å². The maximum Gasteiger partial charge on any atom is 0.161 e. The van der Waals surface area contributed by atoms with Crippen LogP contribution in [0.4, 0.5) is 0 Å². The first-order chi connectivity index (χ1) is 9.06. The molecule has 0 aliphatic carbocycles. The summed E-state index contributed by atoms with van der Waals surface area (Å²) in [6, 6.07) is 5.43. The molecule has 0 aliphatic rings. The van der Waals surface area contributed by atoms with Gasteiger partial charge in [0.25, 0.3) is 0 Å². The molecule has 0 saturated heterocycles. The summed E-state index contributed by atoms with van der Waals surface area (Å²) >= 11 is 14.4. The number of aryl methyl sites for hydroxylation is 1. The Labute approximate surface area is 135 Å². The molecule has 0 spiro atoms. The quantitative estimate of drug-likeness (QED) is 0.548. The average Bonchev–Trinajstić information content (AvgIpc) is 2.41. The van der Waals surface area contributed by atoms with E-state index in [4.69, 9.17) is 27.9 Å². The lowest BCUT2D eigenvalue weighted by Gasteiger charge is -2.08. The Bertz CT molecular complexity index is 620. The number of aromatic nitrogens is 2. The molecule has 1 heterocycles. The van der Waals surface area contributed by atoms with Gasteiger partial charge in [-0.15, -0.1) is 0 Å². The molecular formula is C13H11Cl2IN2O. The summed E-state index contributed by atoms with van der Waals surface area (Å²) in [5.41, 5.74) is 1.75. The first-order valence-electron chi connectivity index (χ1n) is 5.62. The standard InChI is InChI=1S/C13H11Cl2IN2O/c1-3-9-11(16)12(15)18-13(17-9)7-4-5-10(19-2)8(14)6-7/h4-6H,3H2,1-2H3. The third-order valence-electron chi connectivity index (χ3n) is 2.62. The monoisotopic (exact) mass is 408 g/mol. The maximum atomic E-state index is 6.13. The van der Waals surface area contributed by atoms with Crippen molar-refractivity contribution < 1.29 is 4.74 Å². The van der Waals surface area contributed by atoms with E-state index in [9.17, 15) is 0 Å². The van der Waals surface area contributed by atoms with Crippen LogP contribution in [0.3, 0.4) is 0 Å². The second kappa shape index (κ2) is 6.24. The molecule has 19 heavy (non-hydrogen) atoms. The molecule has 6 heteroatoms. The highest BCUT2D eigenvalue weighted by atomic mass is 127. The third kappa shape index (κ3) is 3.12. The van der Waals surface area contributed by atoms with Crippen molar-refractivity contribution in [2.24, 2.45) is 0 Å². The second-order valence-electron chi connectivity index (χ2n) is 3.80. The summed E-state index contributed by atoms with van der Waals surface area (Å²) < 4.78 is 6.02. The van der Waals surface area contributed by atoms with Crippen LogP contribution in [0.25, 0.3) is 11.4 Å². The molecule has 0 bridgehead atoms. The molecule has 0 N–H and O–H groups in total.